The van der Waals surface area contributed by atoms with Crippen LogP contribution in [-0.4, -0.2) is 15.8 Å². The summed E-state index contributed by atoms with van der Waals surface area (Å²) in [5.74, 6) is 0.351. The Morgan fingerprint density at radius 2 is 2.27 bits per heavy atom. The van der Waals surface area contributed by atoms with Crippen LogP contribution in [0.5, 0.6) is 5.75 Å². The molecule has 0 aliphatic carbocycles. The van der Waals surface area contributed by atoms with E-state index in [9.17, 15) is 4.79 Å². The first-order valence-electron chi connectivity index (χ1n) is 4.70. The van der Waals surface area contributed by atoms with Gasteiger partial charge in [0.25, 0.3) is 0 Å². The zero-order valence-electron chi connectivity index (χ0n) is 8.30. The molecule has 0 saturated carbocycles. The SMILES string of the molecule is CCn1ccc2cc(OC(=O)O)ccc21. The van der Waals surface area contributed by atoms with E-state index in [4.69, 9.17) is 5.11 Å². The van der Waals surface area contributed by atoms with Crippen molar-refractivity contribution < 1.29 is 14.6 Å². The second-order valence-electron chi connectivity index (χ2n) is 3.19. The standard InChI is InChI=1S/C11H11NO3/c1-2-12-6-5-8-7-9(15-11(13)14)3-4-10(8)12/h3-7H,2H2,1H3,(H,13,14). The molecular weight excluding hydrogens is 194 g/mol. The normalized spacial score (nSPS) is 10.5. The van der Waals surface area contributed by atoms with Crippen LogP contribution in [0, 0.1) is 0 Å². The van der Waals surface area contributed by atoms with Crippen molar-refractivity contribution >= 4 is 17.1 Å². The number of aryl methyl sites for hydroxylation is 1. The van der Waals surface area contributed by atoms with Gasteiger partial charge < -0.3 is 14.4 Å². The van der Waals surface area contributed by atoms with E-state index in [1.54, 1.807) is 12.1 Å². The number of benzene rings is 1. The van der Waals surface area contributed by atoms with Crippen molar-refractivity contribution in [1.82, 2.24) is 4.57 Å². The number of hydrogen-bond donors (Lipinski definition) is 1. The monoisotopic (exact) mass is 205 g/mol. The highest BCUT2D eigenvalue weighted by molar-refractivity contribution is 5.82. The van der Waals surface area contributed by atoms with Crippen molar-refractivity contribution in [1.29, 1.82) is 0 Å². The molecule has 0 bridgehead atoms. The van der Waals surface area contributed by atoms with Crippen molar-refractivity contribution in [3.05, 3.63) is 30.5 Å². The highest BCUT2D eigenvalue weighted by Crippen LogP contribution is 2.22. The van der Waals surface area contributed by atoms with Gasteiger partial charge in [0.2, 0.25) is 0 Å². The Labute approximate surface area is 86.7 Å². The fraction of sp³-hybridized carbons (Fsp3) is 0.182. The average Bonchev–Trinajstić information content (AvgIpc) is 2.58. The molecule has 0 aliphatic heterocycles. The molecule has 2 aromatic rings. The number of nitrogens with zero attached hydrogens (tertiary/aromatic N) is 1. The minimum Gasteiger partial charge on any atom is -0.449 e. The van der Waals surface area contributed by atoms with E-state index >= 15 is 0 Å². The van der Waals surface area contributed by atoms with Gasteiger partial charge in [-0.15, -0.1) is 0 Å². The minimum atomic E-state index is -1.29. The summed E-state index contributed by atoms with van der Waals surface area (Å²) in [6.07, 6.45) is 0.680. The molecule has 2 rings (SSSR count). The van der Waals surface area contributed by atoms with Crippen molar-refractivity contribution in [3.8, 4) is 5.75 Å². The minimum absolute atomic E-state index is 0.351. The lowest BCUT2D eigenvalue weighted by Gasteiger charge is -2.02. The summed E-state index contributed by atoms with van der Waals surface area (Å²) >= 11 is 0. The maximum absolute atomic E-state index is 10.3. The van der Waals surface area contributed by atoms with Crippen LogP contribution < -0.4 is 4.74 Å². The second-order valence-corrected chi connectivity index (χ2v) is 3.19. The number of rotatable bonds is 2. The highest BCUT2D eigenvalue weighted by Gasteiger charge is 2.04. The third-order valence-corrected chi connectivity index (χ3v) is 2.29. The summed E-state index contributed by atoms with van der Waals surface area (Å²) in [4.78, 5) is 10.3. The number of carbonyl (C=O) groups is 1. The van der Waals surface area contributed by atoms with E-state index < -0.39 is 6.16 Å². The van der Waals surface area contributed by atoms with Crippen molar-refractivity contribution in [3.63, 3.8) is 0 Å². The molecule has 0 fully saturated rings. The quantitative estimate of drug-likeness (QED) is 0.605. The predicted octanol–water partition coefficient (Wildman–Crippen LogP) is 2.72. The third kappa shape index (κ3) is 1.79. The van der Waals surface area contributed by atoms with Crippen LogP contribution in [0.4, 0.5) is 4.79 Å². The van der Waals surface area contributed by atoms with E-state index in [0.717, 1.165) is 17.4 Å². The lowest BCUT2D eigenvalue weighted by molar-refractivity contribution is 0.144. The summed E-state index contributed by atoms with van der Waals surface area (Å²) in [7, 11) is 0. The topological polar surface area (TPSA) is 51.5 Å². The molecule has 1 aromatic heterocycles. The molecular formula is C11H11NO3. The van der Waals surface area contributed by atoms with Gasteiger partial charge in [0.15, 0.2) is 0 Å². The molecule has 0 aliphatic rings. The molecule has 0 unspecified atom stereocenters. The molecule has 0 spiro atoms. The Balaban J connectivity index is 2.44. The molecule has 1 aromatic carbocycles. The van der Waals surface area contributed by atoms with E-state index in [0.29, 0.717) is 5.75 Å². The van der Waals surface area contributed by atoms with Crippen molar-refractivity contribution in [2.75, 3.05) is 0 Å². The predicted molar refractivity (Wildman–Crippen MR) is 56.3 cm³/mol. The van der Waals surface area contributed by atoms with Crippen LogP contribution in [0.25, 0.3) is 10.9 Å². The summed E-state index contributed by atoms with van der Waals surface area (Å²) in [6.45, 7) is 2.95. The van der Waals surface area contributed by atoms with E-state index in [-0.39, 0.29) is 0 Å². The van der Waals surface area contributed by atoms with Gasteiger partial charge in [-0.3, -0.25) is 0 Å². The third-order valence-electron chi connectivity index (χ3n) is 2.29. The van der Waals surface area contributed by atoms with Gasteiger partial charge in [-0.25, -0.2) is 4.79 Å². The van der Waals surface area contributed by atoms with Crippen LogP contribution in [0.3, 0.4) is 0 Å². The summed E-state index contributed by atoms with van der Waals surface area (Å²) in [6, 6.07) is 7.17. The lowest BCUT2D eigenvalue weighted by Crippen LogP contribution is -2.02. The lowest BCUT2D eigenvalue weighted by atomic mass is 10.2. The molecule has 1 N–H and O–H groups in total. The highest BCUT2D eigenvalue weighted by atomic mass is 16.7. The number of fused-ring (bicyclic) bond motifs is 1. The number of aromatic nitrogens is 1. The first-order valence-corrected chi connectivity index (χ1v) is 4.70. The van der Waals surface area contributed by atoms with Crippen LogP contribution in [0.2, 0.25) is 0 Å². The maximum atomic E-state index is 10.3. The van der Waals surface area contributed by atoms with Gasteiger partial charge in [0.1, 0.15) is 5.75 Å². The Bertz CT molecular complexity index is 502. The van der Waals surface area contributed by atoms with Gasteiger partial charge in [-0.05, 0) is 31.2 Å². The Morgan fingerprint density at radius 1 is 1.47 bits per heavy atom. The smallest absolute Gasteiger partial charge is 0.449 e. The Kier molecular flexibility index (Phi) is 2.33. The Morgan fingerprint density at radius 3 is 2.93 bits per heavy atom. The van der Waals surface area contributed by atoms with Gasteiger partial charge in [0, 0.05) is 23.6 Å². The fourth-order valence-electron chi connectivity index (χ4n) is 1.62. The van der Waals surface area contributed by atoms with E-state index in [2.05, 4.69) is 16.2 Å². The fourth-order valence-corrected chi connectivity index (χ4v) is 1.62. The van der Waals surface area contributed by atoms with Crippen molar-refractivity contribution in [2.45, 2.75) is 13.5 Å². The van der Waals surface area contributed by atoms with E-state index in [1.165, 1.54) is 0 Å². The zero-order chi connectivity index (χ0) is 10.8. The molecule has 0 radical (unpaired) electrons. The van der Waals surface area contributed by atoms with Crippen LogP contribution >= 0.6 is 0 Å². The number of hydrogen-bond acceptors (Lipinski definition) is 2. The number of ether oxygens (including phenoxy) is 1. The number of carboxylic acid groups (broad SMARTS) is 1. The first kappa shape index (κ1) is 9.58. The van der Waals surface area contributed by atoms with Gasteiger partial charge >= 0.3 is 6.16 Å². The van der Waals surface area contributed by atoms with Crippen LogP contribution in [0.1, 0.15) is 6.92 Å². The molecule has 15 heavy (non-hydrogen) atoms. The van der Waals surface area contributed by atoms with Gasteiger partial charge in [-0.1, -0.05) is 0 Å². The van der Waals surface area contributed by atoms with Gasteiger partial charge in [-0.2, -0.15) is 0 Å². The zero-order valence-corrected chi connectivity index (χ0v) is 8.30. The van der Waals surface area contributed by atoms with Crippen molar-refractivity contribution in [2.24, 2.45) is 0 Å². The first-order chi connectivity index (χ1) is 7.20. The molecule has 4 heteroatoms. The Hall–Kier alpha value is -1.97. The molecule has 0 amide bonds. The largest absolute Gasteiger partial charge is 0.511 e. The van der Waals surface area contributed by atoms with E-state index in [1.807, 2.05) is 18.3 Å². The van der Waals surface area contributed by atoms with Gasteiger partial charge in [0.05, 0.1) is 0 Å². The van der Waals surface area contributed by atoms with Crippen LogP contribution in [0.15, 0.2) is 30.5 Å². The maximum Gasteiger partial charge on any atom is 0.511 e. The molecule has 0 saturated heterocycles. The van der Waals surface area contributed by atoms with Crippen LogP contribution in [-0.2, 0) is 6.54 Å². The molecule has 4 nitrogen and oxygen atoms in total. The summed E-state index contributed by atoms with van der Waals surface area (Å²) in [5.41, 5.74) is 1.08. The molecule has 78 valence electrons. The molecule has 1 heterocycles. The summed E-state index contributed by atoms with van der Waals surface area (Å²) < 4.78 is 6.66. The second kappa shape index (κ2) is 3.65. The average molecular weight is 205 g/mol. The molecule has 0 atom stereocenters. The summed E-state index contributed by atoms with van der Waals surface area (Å²) in [5, 5.41) is 9.44.